The number of hydrogen-bond donors (Lipinski definition) is 2. The Morgan fingerprint density at radius 3 is 2.46 bits per heavy atom. The smallest absolute Gasteiger partial charge is 0.129 e. The van der Waals surface area contributed by atoms with Gasteiger partial charge in [-0.1, -0.05) is 19.9 Å². The van der Waals surface area contributed by atoms with E-state index in [4.69, 9.17) is 5.11 Å². The van der Waals surface area contributed by atoms with Crippen molar-refractivity contribution in [2.24, 2.45) is 0 Å². The minimum absolute atomic E-state index is 0.0875. The van der Waals surface area contributed by atoms with Gasteiger partial charge in [-0.3, -0.25) is 0 Å². The molecule has 2 nitrogen and oxygen atoms in total. The van der Waals surface area contributed by atoms with Crippen LogP contribution in [0, 0.1) is 0 Å². The molecule has 0 radical (unpaired) electrons. The number of hydrogen-bond acceptors (Lipinski definition) is 2. The standard InChI is InChI=1S/C10H13BrO2/c1-10(2,6-12)7-3-4-9(13)8(11)5-7/h3-5,12-13H,6H2,1-2H3. The van der Waals surface area contributed by atoms with Gasteiger partial charge in [-0.25, -0.2) is 0 Å². The molecule has 0 bridgehead atoms. The summed E-state index contributed by atoms with van der Waals surface area (Å²) in [6.07, 6.45) is 0. The Morgan fingerprint density at radius 2 is 2.00 bits per heavy atom. The highest BCUT2D eigenvalue weighted by Crippen LogP contribution is 2.30. The molecule has 1 aromatic carbocycles. The van der Waals surface area contributed by atoms with Crippen molar-refractivity contribution in [2.75, 3.05) is 6.61 Å². The maximum absolute atomic E-state index is 9.27. The highest BCUT2D eigenvalue weighted by atomic mass is 79.9. The van der Waals surface area contributed by atoms with Crippen molar-refractivity contribution in [3.8, 4) is 5.75 Å². The fraction of sp³-hybridized carbons (Fsp3) is 0.400. The highest BCUT2D eigenvalue weighted by Gasteiger charge is 2.19. The van der Waals surface area contributed by atoms with Crippen molar-refractivity contribution in [3.05, 3.63) is 28.2 Å². The van der Waals surface area contributed by atoms with Gasteiger partial charge in [0, 0.05) is 5.41 Å². The maximum Gasteiger partial charge on any atom is 0.129 e. The van der Waals surface area contributed by atoms with Gasteiger partial charge in [0.15, 0.2) is 0 Å². The lowest BCUT2D eigenvalue weighted by Crippen LogP contribution is -2.21. The molecule has 3 heteroatoms. The molecule has 0 saturated heterocycles. The predicted octanol–water partition coefficient (Wildman–Crippen LogP) is 2.42. The Kier molecular flexibility index (Phi) is 2.98. The van der Waals surface area contributed by atoms with E-state index in [0.717, 1.165) is 5.56 Å². The molecule has 1 aromatic rings. The van der Waals surface area contributed by atoms with E-state index in [2.05, 4.69) is 15.9 Å². The van der Waals surface area contributed by atoms with Crippen LogP contribution in [0.5, 0.6) is 5.75 Å². The van der Waals surface area contributed by atoms with Crippen LogP contribution in [0.15, 0.2) is 22.7 Å². The van der Waals surface area contributed by atoms with Gasteiger partial charge in [0.25, 0.3) is 0 Å². The Labute approximate surface area is 86.3 Å². The number of benzene rings is 1. The summed E-state index contributed by atoms with van der Waals surface area (Å²) in [6.45, 7) is 3.99. The fourth-order valence-corrected chi connectivity index (χ4v) is 1.40. The third kappa shape index (κ3) is 2.23. The van der Waals surface area contributed by atoms with Crippen LogP contribution in [-0.4, -0.2) is 16.8 Å². The van der Waals surface area contributed by atoms with Crippen LogP contribution in [0.4, 0.5) is 0 Å². The monoisotopic (exact) mass is 244 g/mol. The van der Waals surface area contributed by atoms with Crippen molar-refractivity contribution in [1.29, 1.82) is 0 Å². The summed E-state index contributed by atoms with van der Waals surface area (Å²) in [5, 5.41) is 18.4. The van der Waals surface area contributed by atoms with Crippen LogP contribution in [0.2, 0.25) is 0 Å². The van der Waals surface area contributed by atoms with Gasteiger partial charge in [0.1, 0.15) is 5.75 Å². The van der Waals surface area contributed by atoms with Gasteiger partial charge in [-0.05, 0) is 33.6 Å². The molecule has 72 valence electrons. The lowest BCUT2D eigenvalue weighted by atomic mass is 9.86. The van der Waals surface area contributed by atoms with E-state index < -0.39 is 0 Å². The van der Waals surface area contributed by atoms with Crippen molar-refractivity contribution in [3.63, 3.8) is 0 Å². The lowest BCUT2D eigenvalue weighted by Gasteiger charge is -2.22. The predicted molar refractivity (Wildman–Crippen MR) is 55.9 cm³/mol. The average molecular weight is 245 g/mol. The molecule has 0 fully saturated rings. The maximum atomic E-state index is 9.27. The number of rotatable bonds is 2. The molecular weight excluding hydrogens is 232 g/mol. The van der Waals surface area contributed by atoms with E-state index in [-0.39, 0.29) is 17.8 Å². The highest BCUT2D eigenvalue weighted by molar-refractivity contribution is 9.10. The molecule has 0 amide bonds. The number of aromatic hydroxyl groups is 1. The molecule has 0 aromatic heterocycles. The molecule has 0 heterocycles. The molecule has 0 unspecified atom stereocenters. The second kappa shape index (κ2) is 3.68. The number of aliphatic hydroxyl groups is 1. The molecule has 0 aliphatic carbocycles. The first-order chi connectivity index (χ1) is 5.97. The first-order valence-electron chi connectivity index (χ1n) is 4.07. The number of halogens is 1. The fourth-order valence-electron chi connectivity index (χ4n) is 1.02. The van der Waals surface area contributed by atoms with Gasteiger partial charge in [0.2, 0.25) is 0 Å². The van der Waals surface area contributed by atoms with Crippen LogP contribution < -0.4 is 0 Å². The van der Waals surface area contributed by atoms with E-state index in [1.54, 1.807) is 6.07 Å². The zero-order chi connectivity index (χ0) is 10.1. The quantitative estimate of drug-likeness (QED) is 0.840. The average Bonchev–Trinajstić information content (AvgIpc) is 2.09. The van der Waals surface area contributed by atoms with Crippen LogP contribution in [-0.2, 0) is 5.41 Å². The lowest BCUT2D eigenvalue weighted by molar-refractivity contribution is 0.218. The van der Waals surface area contributed by atoms with Gasteiger partial charge < -0.3 is 10.2 Å². The molecule has 0 aliphatic heterocycles. The normalized spacial score (nSPS) is 11.7. The minimum Gasteiger partial charge on any atom is -0.507 e. The van der Waals surface area contributed by atoms with E-state index >= 15 is 0 Å². The Morgan fingerprint density at radius 1 is 1.38 bits per heavy atom. The first kappa shape index (κ1) is 10.5. The molecular formula is C10H13BrO2. The number of phenolic OH excluding ortho intramolecular Hbond substituents is 1. The summed E-state index contributed by atoms with van der Waals surface area (Å²) >= 11 is 3.24. The largest absolute Gasteiger partial charge is 0.507 e. The Bertz CT molecular complexity index is 308. The zero-order valence-electron chi connectivity index (χ0n) is 7.71. The molecule has 2 N–H and O–H groups in total. The molecule has 13 heavy (non-hydrogen) atoms. The van der Waals surface area contributed by atoms with Crippen LogP contribution in [0.1, 0.15) is 19.4 Å². The third-order valence-corrected chi connectivity index (χ3v) is 2.76. The Hall–Kier alpha value is -0.540. The first-order valence-corrected chi connectivity index (χ1v) is 4.86. The van der Waals surface area contributed by atoms with Crippen molar-refractivity contribution in [1.82, 2.24) is 0 Å². The van der Waals surface area contributed by atoms with Gasteiger partial charge in [-0.15, -0.1) is 0 Å². The zero-order valence-corrected chi connectivity index (χ0v) is 9.30. The van der Waals surface area contributed by atoms with Crippen molar-refractivity contribution in [2.45, 2.75) is 19.3 Å². The van der Waals surface area contributed by atoms with E-state index in [1.807, 2.05) is 26.0 Å². The van der Waals surface area contributed by atoms with Gasteiger partial charge in [0.05, 0.1) is 11.1 Å². The van der Waals surface area contributed by atoms with Gasteiger partial charge >= 0.3 is 0 Å². The minimum atomic E-state index is -0.268. The molecule has 0 saturated carbocycles. The summed E-state index contributed by atoms with van der Waals surface area (Å²) in [5.74, 6) is 0.220. The summed E-state index contributed by atoms with van der Waals surface area (Å²) in [6, 6.07) is 5.26. The number of phenols is 1. The van der Waals surface area contributed by atoms with E-state index in [0.29, 0.717) is 4.47 Å². The molecule has 0 atom stereocenters. The van der Waals surface area contributed by atoms with E-state index in [9.17, 15) is 5.11 Å². The Balaban J connectivity index is 3.10. The van der Waals surface area contributed by atoms with Crippen LogP contribution in [0.25, 0.3) is 0 Å². The SMILES string of the molecule is CC(C)(CO)c1ccc(O)c(Br)c1. The van der Waals surface area contributed by atoms with E-state index in [1.165, 1.54) is 0 Å². The van der Waals surface area contributed by atoms with Crippen molar-refractivity contribution >= 4 is 15.9 Å². The van der Waals surface area contributed by atoms with Crippen LogP contribution in [0.3, 0.4) is 0 Å². The summed E-state index contributed by atoms with van der Waals surface area (Å²) in [4.78, 5) is 0. The molecule has 1 rings (SSSR count). The second-order valence-electron chi connectivity index (χ2n) is 3.71. The number of aliphatic hydroxyl groups excluding tert-OH is 1. The molecule has 0 aliphatic rings. The van der Waals surface area contributed by atoms with Crippen molar-refractivity contribution < 1.29 is 10.2 Å². The summed E-state index contributed by atoms with van der Waals surface area (Å²) < 4.78 is 0.659. The molecule has 0 spiro atoms. The van der Waals surface area contributed by atoms with Gasteiger partial charge in [-0.2, -0.15) is 0 Å². The third-order valence-electron chi connectivity index (χ3n) is 2.12. The van der Waals surface area contributed by atoms with Crippen LogP contribution >= 0.6 is 15.9 Å². The summed E-state index contributed by atoms with van der Waals surface area (Å²) in [5.41, 5.74) is 0.732. The summed E-state index contributed by atoms with van der Waals surface area (Å²) in [7, 11) is 0. The second-order valence-corrected chi connectivity index (χ2v) is 4.56. The topological polar surface area (TPSA) is 40.5 Å².